The van der Waals surface area contributed by atoms with Crippen molar-refractivity contribution in [3.63, 3.8) is 0 Å². The van der Waals surface area contributed by atoms with Crippen molar-refractivity contribution >= 4 is 11.0 Å². The highest BCUT2D eigenvalue weighted by Crippen LogP contribution is 2.34. The van der Waals surface area contributed by atoms with Crippen LogP contribution in [0, 0.1) is 0 Å². The number of rotatable bonds is 5. The molecule has 0 bridgehead atoms. The molecule has 2 heterocycles. The standard InChI is InChI=1S/C34H23N5/c1-4-14-24(15-5-1)31-36-32(25-16-6-2-7-17-25)38-33(37-31)27-20-10-12-22-29(27)39-30-23-13-11-21-28(30)35-34(39)26-18-8-3-9-19-26/h1-23H. The van der Waals surface area contributed by atoms with E-state index >= 15 is 0 Å². The molecule has 0 aliphatic rings. The zero-order valence-corrected chi connectivity index (χ0v) is 21.0. The summed E-state index contributed by atoms with van der Waals surface area (Å²) in [6.07, 6.45) is 0. The predicted molar refractivity (Wildman–Crippen MR) is 156 cm³/mol. The van der Waals surface area contributed by atoms with Gasteiger partial charge in [0.25, 0.3) is 0 Å². The Balaban J connectivity index is 1.50. The molecule has 5 heteroatoms. The van der Waals surface area contributed by atoms with Crippen LogP contribution in [0.2, 0.25) is 0 Å². The van der Waals surface area contributed by atoms with Gasteiger partial charge in [-0.1, -0.05) is 115 Å². The van der Waals surface area contributed by atoms with Crippen LogP contribution in [0.4, 0.5) is 0 Å². The fourth-order valence-electron chi connectivity index (χ4n) is 4.84. The topological polar surface area (TPSA) is 56.5 Å². The van der Waals surface area contributed by atoms with Crippen LogP contribution < -0.4 is 0 Å². The van der Waals surface area contributed by atoms with Crippen molar-refractivity contribution < 1.29 is 0 Å². The number of aromatic nitrogens is 5. The zero-order chi connectivity index (χ0) is 26.0. The molecule has 0 N–H and O–H groups in total. The van der Waals surface area contributed by atoms with Gasteiger partial charge in [-0.05, 0) is 24.3 Å². The summed E-state index contributed by atoms with van der Waals surface area (Å²) in [5.41, 5.74) is 6.71. The largest absolute Gasteiger partial charge is 0.292 e. The molecular formula is C34H23N5. The molecule has 7 aromatic rings. The van der Waals surface area contributed by atoms with Crippen LogP contribution in [0.25, 0.3) is 62.3 Å². The van der Waals surface area contributed by atoms with E-state index in [0.29, 0.717) is 17.5 Å². The minimum absolute atomic E-state index is 0.607. The van der Waals surface area contributed by atoms with Gasteiger partial charge in [0.15, 0.2) is 17.5 Å². The van der Waals surface area contributed by atoms with E-state index in [1.165, 1.54) is 0 Å². The van der Waals surface area contributed by atoms with Crippen molar-refractivity contribution in [3.8, 4) is 51.2 Å². The SMILES string of the molecule is c1ccc(-c2nc(-c3ccccc3)nc(-c3ccccc3-n3c(-c4ccccc4)nc4ccccc43)n2)cc1. The third kappa shape index (κ3) is 4.26. The molecule has 0 amide bonds. The van der Waals surface area contributed by atoms with E-state index in [1.807, 2.05) is 109 Å². The smallest absolute Gasteiger partial charge is 0.166 e. The molecule has 7 rings (SSSR count). The molecule has 0 saturated carbocycles. The summed E-state index contributed by atoms with van der Waals surface area (Å²) in [7, 11) is 0. The van der Waals surface area contributed by atoms with Gasteiger partial charge in [0, 0.05) is 22.3 Å². The van der Waals surface area contributed by atoms with Gasteiger partial charge in [-0.3, -0.25) is 4.57 Å². The Bertz CT molecular complexity index is 1840. The average molecular weight is 502 g/mol. The number of para-hydroxylation sites is 3. The van der Waals surface area contributed by atoms with Crippen LogP contribution in [-0.2, 0) is 0 Å². The Kier molecular flexibility index (Phi) is 5.72. The first-order valence-corrected chi connectivity index (χ1v) is 12.8. The lowest BCUT2D eigenvalue weighted by Gasteiger charge is -2.15. The number of hydrogen-bond acceptors (Lipinski definition) is 4. The highest BCUT2D eigenvalue weighted by Gasteiger charge is 2.20. The summed E-state index contributed by atoms with van der Waals surface area (Å²) in [6.45, 7) is 0. The fourth-order valence-corrected chi connectivity index (χ4v) is 4.84. The minimum atomic E-state index is 0.607. The Morgan fingerprint density at radius 3 is 1.51 bits per heavy atom. The fraction of sp³-hybridized carbons (Fsp3) is 0. The molecule has 184 valence electrons. The molecule has 0 aliphatic carbocycles. The molecule has 5 nitrogen and oxygen atoms in total. The monoisotopic (exact) mass is 501 g/mol. The highest BCUT2D eigenvalue weighted by atomic mass is 15.1. The molecule has 0 aliphatic heterocycles. The number of fused-ring (bicyclic) bond motifs is 1. The van der Waals surface area contributed by atoms with Gasteiger partial charge in [-0.2, -0.15) is 0 Å². The van der Waals surface area contributed by atoms with Crippen molar-refractivity contribution in [1.82, 2.24) is 24.5 Å². The first kappa shape index (κ1) is 22.8. The highest BCUT2D eigenvalue weighted by molar-refractivity contribution is 5.86. The van der Waals surface area contributed by atoms with Gasteiger partial charge >= 0.3 is 0 Å². The minimum Gasteiger partial charge on any atom is -0.292 e. The number of imidazole rings is 1. The van der Waals surface area contributed by atoms with Crippen molar-refractivity contribution in [2.75, 3.05) is 0 Å². The van der Waals surface area contributed by atoms with Crippen molar-refractivity contribution in [2.45, 2.75) is 0 Å². The van der Waals surface area contributed by atoms with E-state index in [-0.39, 0.29) is 0 Å². The van der Waals surface area contributed by atoms with Gasteiger partial charge < -0.3 is 0 Å². The Morgan fingerprint density at radius 1 is 0.385 bits per heavy atom. The van der Waals surface area contributed by atoms with E-state index in [4.69, 9.17) is 19.9 Å². The normalized spacial score (nSPS) is 11.1. The van der Waals surface area contributed by atoms with E-state index in [1.54, 1.807) is 0 Å². The number of benzene rings is 5. The second kappa shape index (κ2) is 9.80. The maximum absolute atomic E-state index is 5.03. The predicted octanol–water partition coefficient (Wildman–Crippen LogP) is 7.88. The van der Waals surface area contributed by atoms with Crippen LogP contribution in [0.1, 0.15) is 0 Å². The number of nitrogens with zero attached hydrogens (tertiary/aromatic N) is 5. The van der Waals surface area contributed by atoms with E-state index in [0.717, 1.165) is 44.8 Å². The van der Waals surface area contributed by atoms with Gasteiger partial charge in [-0.25, -0.2) is 19.9 Å². The first-order valence-electron chi connectivity index (χ1n) is 12.8. The molecule has 0 fully saturated rings. The third-order valence-electron chi connectivity index (χ3n) is 6.68. The van der Waals surface area contributed by atoms with Crippen LogP contribution in [0.5, 0.6) is 0 Å². The van der Waals surface area contributed by atoms with Gasteiger partial charge in [0.1, 0.15) is 5.82 Å². The lowest BCUT2D eigenvalue weighted by Crippen LogP contribution is -2.04. The van der Waals surface area contributed by atoms with Gasteiger partial charge in [0.2, 0.25) is 0 Å². The summed E-state index contributed by atoms with van der Waals surface area (Å²) in [5, 5.41) is 0. The zero-order valence-electron chi connectivity index (χ0n) is 21.0. The van der Waals surface area contributed by atoms with Crippen molar-refractivity contribution in [1.29, 1.82) is 0 Å². The lowest BCUT2D eigenvalue weighted by molar-refractivity contribution is 1.05. The van der Waals surface area contributed by atoms with Crippen LogP contribution in [-0.4, -0.2) is 24.5 Å². The van der Waals surface area contributed by atoms with Gasteiger partial charge in [-0.15, -0.1) is 0 Å². The molecule has 0 radical (unpaired) electrons. The molecule has 0 saturated heterocycles. The maximum atomic E-state index is 5.03. The molecular weight excluding hydrogens is 478 g/mol. The second-order valence-corrected chi connectivity index (χ2v) is 9.18. The van der Waals surface area contributed by atoms with E-state index in [9.17, 15) is 0 Å². The Hall–Kier alpha value is -5.42. The molecule has 5 aromatic carbocycles. The summed E-state index contributed by atoms with van der Waals surface area (Å²) in [4.78, 5) is 19.9. The van der Waals surface area contributed by atoms with Crippen LogP contribution in [0.15, 0.2) is 140 Å². The van der Waals surface area contributed by atoms with Gasteiger partial charge in [0.05, 0.1) is 16.7 Å². The summed E-state index contributed by atoms with van der Waals surface area (Å²) in [6, 6.07) is 46.8. The third-order valence-corrected chi connectivity index (χ3v) is 6.68. The summed E-state index contributed by atoms with van der Waals surface area (Å²) >= 11 is 0. The van der Waals surface area contributed by atoms with E-state index < -0.39 is 0 Å². The molecule has 39 heavy (non-hydrogen) atoms. The molecule has 0 atom stereocenters. The summed E-state index contributed by atoms with van der Waals surface area (Å²) in [5.74, 6) is 2.74. The average Bonchev–Trinajstić information content (AvgIpc) is 3.42. The maximum Gasteiger partial charge on any atom is 0.166 e. The summed E-state index contributed by atoms with van der Waals surface area (Å²) < 4.78 is 2.20. The molecule has 0 unspecified atom stereocenters. The Morgan fingerprint density at radius 2 is 0.872 bits per heavy atom. The number of hydrogen-bond donors (Lipinski definition) is 0. The van der Waals surface area contributed by atoms with Crippen molar-refractivity contribution in [2.24, 2.45) is 0 Å². The van der Waals surface area contributed by atoms with Crippen LogP contribution >= 0.6 is 0 Å². The molecule has 0 spiro atoms. The lowest BCUT2D eigenvalue weighted by atomic mass is 10.1. The van der Waals surface area contributed by atoms with E-state index in [2.05, 4.69) is 34.9 Å². The quantitative estimate of drug-likeness (QED) is 0.241. The van der Waals surface area contributed by atoms with Crippen molar-refractivity contribution in [3.05, 3.63) is 140 Å². The molecule has 2 aromatic heterocycles. The Labute approximate surface area is 226 Å². The first-order chi connectivity index (χ1) is 19.3. The second-order valence-electron chi connectivity index (χ2n) is 9.18. The van der Waals surface area contributed by atoms with Crippen LogP contribution in [0.3, 0.4) is 0 Å².